The Bertz CT molecular complexity index is 418. The molecular formula is C19H32O5. The summed E-state index contributed by atoms with van der Waals surface area (Å²) in [7, 11) is 0. The summed E-state index contributed by atoms with van der Waals surface area (Å²) in [6.07, 6.45) is 9.35. The predicted molar refractivity (Wildman–Crippen MR) is 89.3 cm³/mol. The van der Waals surface area contributed by atoms with Crippen molar-refractivity contribution in [1.29, 1.82) is 0 Å². The van der Waals surface area contributed by atoms with Crippen LogP contribution in [0.1, 0.15) is 71.1 Å². The molecule has 5 heteroatoms. The topological polar surface area (TPSA) is 65.0 Å². The molecule has 1 N–H and O–H groups in total. The third-order valence-electron chi connectivity index (χ3n) is 6.01. The number of carbonyl (C=O) groups is 1. The summed E-state index contributed by atoms with van der Waals surface area (Å²) in [6.45, 7) is 3.55. The molecule has 138 valence electrons. The third kappa shape index (κ3) is 4.12. The van der Waals surface area contributed by atoms with Gasteiger partial charge in [-0.15, -0.1) is 0 Å². The summed E-state index contributed by atoms with van der Waals surface area (Å²) in [5, 5.41) is 10.3. The van der Waals surface area contributed by atoms with E-state index in [4.69, 9.17) is 14.2 Å². The van der Waals surface area contributed by atoms with E-state index < -0.39 is 5.79 Å². The molecule has 0 spiro atoms. The van der Waals surface area contributed by atoms with Crippen LogP contribution in [0.2, 0.25) is 0 Å². The maximum atomic E-state index is 11.5. The van der Waals surface area contributed by atoms with Crippen molar-refractivity contribution in [3.05, 3.63) is 0 Å². The molecule has 0 bridgehead atoms. The lowest BCUT2D eigenvalue weighted by Gasteiger charge is -2.30. The Morgan fingerprint density at radius 2 is 1.88 bits per heavy atom. The van der Waals surface area contributed by atoms with Gasteiger partial charge in [0.2, 0.25) is 0 Å². The molecule has 0 aromatic carbocycles. The zero-order chi connectivity index (χ0) is 17.0. The molecule has 2 heterocycles. The van der Waals surface area contributed by atoms with Gasteiger partial charge in [-0.05, 0) is 18.8 Å². The lowest BCUT2D eigenvalue weighted by atomic mass is 9.86. The highest BCUT2D eigenvalue weighted by Crippen LogP contribution is 2.45. The van der Waals surface area contributed by atoms with Gasteiger partial charge in [0.25, 0.3) is 0 Å². The highest BCUT2D eigenvalue weighted by atomic mass is 16.7. The van der Waals surface area contributed by atoms with Crippen LogP contribution in [0.4, 0.5) is 0 Å². The number of unbranched alkanes of at least 4 members (excludes halogenated alkanes) is 4. The van der Waals surface area contributed by atoms with E-state index in [1.165, 1.54) is 25.7 Å². The SMILES string of the molecule is CCCCCCCC1(CC[C@@H]2[C@H]3CC(=O)O[C@H]3C[C@H]2O)OCCO1. The number of esters is 1. The average Bonchev–Trinajstić information content (AvgIpc) is 3.21. The van der Waals surface area contributed by atoms with E-state index >= 15 is 0 Å². The molecule has 24 heavy (non-hydrogen) atoms. The molecule has 0 radical (unpaired) electrons. The second-order valence-electron chi connectivity index (χ2n) is 7.67. The number of hydrogen-bond acceptors (Lipinski definition) is 5. The fraction of sp³-hybridized carbons (Fsp3) is 0.947. The van der Waals surface area contributed by atoms with Crippen LogP contribution in [0.15, 0.2) is 0 Å². The number of hydrogen-bond donors (Lipinski definition) is 1. The first kappa shape index (κ1) is 18.2. The van der Waals surface area contributed by atoms with Crippen molar-refractivity contribution in [3.8, 4) is 0 Å². The van der Waals surface area contributed by atoms with Gasteiger partial charge in [-0.1, -0.05) is 32.6 Å². The quantitative estimate of drug-likeness (QED) is 0.516. The molecule has 1 aliphatic carbocycles. The molecule has 2 saturated heterocycles. The van der Waals surface area contributed by atoms with Crippen molar-refractivity contribution in [3.63, 3.8) is 0 Å². The molecule has 0 amide bonds. The Balaban J connectivity index is 1.49. The number of carbonyl (C=O) groups excluding carboxylic acids is 1. The Labute approximate surface area is 145 Å². The highest BCUT2D eigenvalue weighted by Gasteiger charge is 2.50. The van der Waals surface area contributed by atoms with Crippen molar-refractivity contribution >= 4 is 5.97 Å². The molecular weight excluding hydrogens is 308 g/mol. The summed E-state index contributed by atoms with van der Waals surface area (Å²) < 4.78 is 17.3. The average molecular weight is 340 g/mol. The first-order valence-corrected chi connectivity index (χ1v) is 9.79. The van der Waals surface area contributed by atoms with E-state index in [0.29, 0.717) is 26.1 Å². The molecule has 0 aromatic heterocycles. The summed E-state index contributed by atoms with van der Waals surface area (Å²) in [5.74, 6) is -0.268. The third-order valence-corrected chi connectivity index (χ3v) is 6.01. The van der Waals surface area contributed by atoms with Crippen molar-refractivity contribution in [2.75, 3.05) is 13.2 Å². The predicted octanol–water partition coefficient (Wildman–Crippen LogP) is 3.18. The molecule has 3 aliphatic rings. The van der Waals surface area contributed by atoms with Crippen LogP contribution in [-0.2, 0) is 19.0 Å². The second-order valence-corrected chi connectivity index (χ2v) is 7.67. The van der Waals surface area contributed by atoms with Crippen LogP contribution in [0, 0.1) is 11.8 Å². The van der Waals surface area contributed by atoms with E-state index in [2.05, 4.69) is 6.92 Å². The molecule has 0 aromatic rings. The number of fused-ring (bicyclic) bond motifs is 1. The fourth-order valence-corrected chi connectivity index (χ4v) is 4.68. The number of aliphatic hydroxyl groups excluding tert-OH is 1. The Morgan fingerprint density at radius 1 is 1.12 bits per heavy atom. The molecule has 4 atom stereocenters. The summed E-state index contributed by atoms with van der Waals surface area (Å²) in [6, 6.07) is 0. The molecule has 3 fully saturated rings. The molecule has 1 saturated carbocycles. The van der Waals surface area contributed by atoms with Crippen LogP contribution < -0.4 is 0 Å². The van der Waals surface area contributed by atoms with Gasteiger partial charge in [0.1, 0.15) is 6.10 Å². The minimum Gasteiger partial charge on any atom is -0.462 e. The molecule has 5 nitrogen and oxygen atoms in total. The zero-order valence-corrected chi connectivity index (χ0v) is 14.9. The van der Waals surface area contributed by atoms with Gasteiger partial charge in [0, 0.05) is 25.2 Å². The molecule has 3 rings (SSSR count). The van der Waals surface area contributed by atoms with Crippen molar-refractivity contribution in [2.24, 2.45) is 11.8 Å². The van der Waals surface area contributed by atoms with Gasteiger partial charge in [-0.2, -0.15) is 0 Å². The normalized spacial score (nSPS) is 34.5. The minimum atomic E-state index is -0.465. The summed E-state index contributed by atoms with van der Waals surface area (Å²) in [5.41, 5.74) is 0. The number of rotatable bonds is 9. The van der Waals surface area contributed by atoms with Crippen LogP contribution in [-0.4, -0.2) is 42.3 Å². The van der Waals surface area contributed by atoms with E-state index in [0.717, 1.165) is 25.7 Å². The van der Waals surface area contributed by atoms with Gasteiger partial charge in [0.05, 0.1) is 25.7 Å². The van der Waals surface area contributed by atoms with Gasteiger partial charge >= 0.3 is 5.97 Å². The Morgan fingerprint density at radius 3 is 2.62 bits per heavy atom. The number of aliphatic hydroxyl groups is 1. The van der Waals surface area contributed by atoms with Gasteiger partial charge in [-0.25, -0.2) is 0 Å². The van der Waals surface area contributed by atoms with E-state index in [1.54, 1.807) is 0 Å². The van der Waals surface area contributed by atoms with E-state index in [9.17, 15) is 9.90 Å². The van der Waals surface area contributed by atoms with Gasteiger partial charge in [0.15, 0.2) is 5.79 Å². The van der Waals surface area contributed by atoms with Crippen LogP contribution in [0.25, 0.3) is 0 Å². The number of ether oxygens (including phenoxy) is 3. The molecule has 2 aliphatic heterocycles. The first-order chi connectivity index (χ1) is 11.6. The fourth-order valence-electron chi connectivity index (χ4n) is 4.68. The standard InChI is InChI=1S/C19H32O5/c1-2-3-4-5-6-8-19(22-10-11-23-19)9-7-14-15-12-18(21)24-17(15)13-16(14)20/h14-17,20H,2-13H2,1H3/t14-,15-,16-,17+/m1/s1. The zero-order valence-electron chi connectivity index (χ0n) is 14.9. The Kier molecular flexibility index (Phi) is 6.17. The van der Waals surface area contributed by atoms with Crippen molar-refractivity contribution < 1.29 is 24.1 Å². The van der Waals surface area contributed by atoms with Gasteiger partial charge in [-0.3, -0.25) is 4.79 Å². The van der Waals surface area contributed by atoms with Crippen molar-refractivity contribution in [2.45, 2.75) is 89.1 Å². The molecule has 0 unspecified atom stereocenters. The van der Waals surface area contributed by atoms with Crippen LogP contribution >= 0.6 is 0 Å². The van der Waals surface area contributed by atoms with E-state index in [-0.39, 0.29) is 30.0 Å². The van der Waals surface area contributed by atoms with Gasteiger partial charge < -0.3 is 19.3 Å². The largest absolute Gasteiger partial charge is 0.462 e. The van der Waals surface area contributed by atoms with E-state index in [1.807, 2.05) is 0 Å². The first-order valence-electron chi connectivity index (χ1n) is 9.79. The summed E-state index contributed by atoms with van der Waals surface area (Å²) in [4.78, 5) is 11.5. The second kappa shape index (κ2) is 8.15. The smallest absolute Gasteiger partial charge is 0.306 e. The summed E-state index contributed by atoms with van der Waals surface area (Å²) >= 11 is 0. The van der Waals surface area contributed by atoms with Crippen LogP contribution in [0.5, 0.6) is 0 Å². The monoisotopic (exact) mass is 340 g/mol. The highest BCUT2D eigenvalue weighted by molar-refractivity contribution is 5.72. The lowest BCUT2D eigenvalue weighted by molar-refractivity contribution is -0.171. The van der Waals surface area contributed by atoms with Crippen LogP contribution in [0.3, 0.4) is 0 Å². The van der Waals surface area contributed by atoms with Crippen molar-refractivity contribution in [1.82, 2.24) is 0 Å². The Hall–Kier alpha value is -0.650. The maximum absolute atomic E-state index is 11.5. The maximum Gasteiger partial charge on any atom is 0.306 e. The lowest BCUT2D eigenvalue weighted by Crippen LogP contribution is -2.32. The minimum absolute atomic E-state index is 0.0760.